The summed E-state index contributed by atoms with van der Waals surface area (Å²) in [4.78, 5) is 27.0. The average molecular weight is 439 g/mol. The van der Waals surface area contributed by atoms with Crippen molar-refractivity contribution in [2.45, 2.75) is 20.4 Å². The lowest BCUT2D eigenvalue weighted by molar-refractivity contribution is -0.123. The van der Waals surface area contributed by atoms with Gasteiger partial charge in [-0.15, -0.1) is 0 Å². The lowest BCUT2D eigenvalue weighted by Crippen LogP contribution is -2.27. The molecule has 1 fully saturated rings. The van der Waals surface area contributed by atoms with Crippen LogP contribution in [-0.4, -0.2) is 25.7 Å². The second-order valence-corrected chi connectivity index (χ2v) is 8.51. The smallest absolute Gasteiger partial charge is 0.293 e. The maximum atomic E-state index is 12.9. The highest BCUT2D eigenvalue weighted by Crippen LogP contribution is 2.35. The van der Waals surface area contributed by atoms with E-state index in [1.54, 1.807) is 36.4 Å². The number of benzene rings is 2. The Morgan fingerprint density at radius 2 is 1.80 bits per heavy atom. The molecule has 2 amide bonds. The predicted molar refractivity (Wildman–Crippen MR) is 120 cm³/mol. The molecule has 0 atom stereocenters. The number of carbonyl (C=O) groups excluding carboxylic acids is 2. The monoisotopic (exact) mass is 438 g/mol. The molecule has 1 saturated heterocycles. The molecule has 0 spiro atoms. The summed E-state index contributed by atoms with van der Waals surface area (Å²) in [5.41, 5.74) is 4.52. The number of rotatable bonds is 4. The minimum absolute atomic E-state index is 0.190. The fourth-order valence-electron chi connectivity index (χ4n) is 3.53. The van der Waals surface area contributed by atoms with Crippen molar-refractivity contribution in [1.82, 2.24) is 9.47 Å². The fourth-order valence-corrected chi connectivity index (χ4v) is 4.57. The van der Waals surface area contributed by atoms with Crippen molar-refractivity contribution in [2.75, 3.05) is 0 Å². The van der Waals surface area contributed by atoms with E-state index in [0.717, 1.165) is 40.0 Å². The molecular weight excluding hydrogens is 420 g/mol. The normalized spacial score (nSPS) is 15.4. The van der Waals surface area contributed by atoms with Gasteiger partial charge >= 0.3 is 0 Å². The number of halogens is 1. The summed E-state index contributed by atoms with van der Waals surface area (Å²) in [5.74, 6) is -0.103. The lowest BCUT2D eigenvalue weighted by atomic mass is 10.2. The molecule has 2 aromatic carbocycles. The molecule has 0 unspecified atom stereocenters. The van der Waals surface area contributed by atoms with Crippen LogP contribution in [0.4, 0.5) is 4.79 Å². The van der Waals surface area contributed by atoms with Crippen LogP contribution in [0.3, 0.4) is 0 Å². The third-order valence-corrected chi connectivity index (χ3v) is 6.11. The first-order valence-corrected chi connectivity index (χ1v) is 10.5. The Hall–Kier alpha value is -2.96. The molecule has 152 valence electrons. The summed E-state index contributed by atoms with van der Waals surface area (Å²) in [6, 6.07) is 16.0. The Bertz CT molecular complexity index is 1180. The Labute approximate surface area is 183 Å². The largest absolute Gasteiger partial charge is 0.508 e. The minimum atomic E-state index is -0.306. The number of aryl methyl sites for hydroxylation is 1. The molecule has 1 N–H and O–H groups in total. The maximum absolute atomic E-state index is 12.9. The van der Waals surface area contributed by atoms with Crippen molar-refractivity contribution in [1.29, 1.82) is 0 Å². The zero-order valence-electron chi connectivity index (χ0n) is 16.4. The highest BCUT2D eigenvalue weighted by Gasteiger charge is 2.35. The second kappa shape index (κ2) is 8.05. The quantitative estimate of drug-likeness (QED) is 0.531. The predicted octanol–water partition coefficient (Wildman–Crippen LogP) is 5.69. The molecule has 2 heterocycles. The van der Waals surface area contributed by atoms with E-state index < -0.39 is 0 Å². The number of aromatic nitrogens is 1. The first-order chi connectivity index (χ1) is 14.3. The third kappa shape index (κ3) is 3.88. The summed E-state index contributed by atoms with van der Waals surface area (Å²) >= 11 is 6.96. The molecule has 0 aliphatic carbocycles. The minimum Gasteiger partial charge on any atom is -0.508 e. The van der Waals surface area contributed by atoms with Gasteiger partial charge in [0.25, 0.3) is 11.1 Å². The topological polar surface area (TPSA) is 62.5 Å². The Kier molecular flexibility index (Phi) is 5.45. The van der Waals surface area contributed by atoms with Crippen LogP contribution in [0.5, 0.6) is 5.75 Å². The molecule has 1 aliphatic heterocycles. The Morgan fingerprint density at radius 3 is 2.50 bits per heavy atom. The van der Waals surface area contributed by atoms with Crippen molar-refractivity contribution in [3.63, 3.8) is 0 Å². The van der Waals surface area contributed by atoms with Gasteiger partial charge in [-0.3, -0.25) is 14.5 Å². The maximum Gasteiger partial charge on any atom is 0.293 e. The third-order valence-electron chi connectivity index (χ3n) is 4.97. The Balaban J connectivity index is 1.62. The van der Waals surface area contributed by atoms with Crippen LogP contribution >= 0.6 is 23.4 Å². The molecule has 1 aromatic heterocycles. The van der Waals surface area contributed by atoms with Crippen molar-refractivity contribution in [2.24, 2.45) is 0 Å². The number of hydrogen-bond donors (Lipinski definition) is 1. The number of aromatic hydroxyl groups is 1. The van der Waals surface area contributed by atoms with Gasteiger partial charge in [0.2, 0.25) is 0 Å². The summed E-state index contributed by atoms with van der Waals surface area (Å²) in [7, 11) is 0. The average Bonchev–Trinajstić information content (AvgIpc) is 3.13. The van der Waals surface area contributed by atoms with Gasteiger partial charge < -0.3 is 9.67 Å². The van der Waals surface area contributed by atoms with E-state index in [4.69, 9.17) is 11.6 Å². The summed E-state index contributed by atoms with van der Waals surface area (Å²) in [6.07, 6.45) is 1.77. The van der Waals surface area contributed by atoms with Gasteiger partial charge in [0, 0.05) is 22.1 Å². The molecular formula is C23H19ClN2O3S. The molecule has 4 rings (SSSR count). The van der Waals surface area contributed by atoms with Crippen LogP contribution in [0.15, 0.2) is 59.5 Å². The molecule has 7 heteroatoms. The molecule has 0 bridgehead atoms. The first-order valence-electron chi connectivity index (χ1n) is 9.31. The summed E-state index contributed by atoms with van der Waals surface area (Å²) in [6.45, 7) is 4.12. The Morgan fingerprint density at radius 1 is 1.07 bits per heavy atom. The van der Waals surface area contributed by atoms with E-state index in [1.807, 2.05) is 42.7 Å². The van der Waals surface area contributed by atoms with Gasteiger partial charge in [-0.05, 0) is 85.3 Å². The van der Waals surface area contributed by atoms with Crippen LogP contribution in [0.1, 0.15) is 22.5 Å². The van der Waals surface area contributed by atoms with E-state index in [9.17, 15) is 14.7 Å². The van der Waals surface area contributed by atoms with E-state index >= 15 is 0 Å². The van der Waals surface area contributed by atoms with Gasteiger partial charge in [-0.1, -0.05) is 23.7 Å². The van der Waals surface area contributed by atoms with Gasteiger partial charge in [-0.25, -0.2) is 0 Å². The molecule has 3 aromatic rings. The van der Waals surface area contributed by atoms with E-state index in [2.05, 4.69) is 0 Å². The zero-order valence-corrected chi connectivity index (χ0v) is 18.0. The number of amides is 2. The molecule has 30 heavy (non-hydrogen) atoms. The number of nitrogens with zero attached hydrogens (tertiary/aromatic N) is 2. The highest BCUT2D eigenvalue weighted by molar-refractivity contribution is 8.18. The van der Waals surface area contributed by atoms with Crippen LogP contribution in [0.25, 0.3) is 11.8 Å². The molecule has 0 radical (unpaired) electrons. The number of phenols is 1. The van der Waals surface area contributed by atoms with E-state index in [0.29, 0.717) is 9.93 Å². The van der Waals surface area contributed by atoms with Gasteiger partial charge in [0.15, 0.2) is 0 Å². The van der Waals surface area contributed by atoms with Crippen LogP contribution < -0.4 is 0 Å². The lowest BCUT2D eigenvalue weighted by Gasteiger charge is -2.12. The first kappa shape index (κ1) is 20.3. The fraction of sp³-hybridized carbons (Fsp3) is 0.130. The zero-order chi connectivity index (χ0) is 21.4. The number of hydrogen-bond acceptors (Lipinski definition) is 4. The second-order valence-electron chi connectivity index (χ2n) is 7.08. The SMILES string of the molecule is Cc1cc(/C=C2\SC(=O)N(Cc3cccc(Cl)c3)C2=O)c(C)n1-c1ccc(O)cc1. The highest BCUT2D eigenvalue weighted by atomic mass is 35.5. The standard InChI is InChI=1S/C23H19ClN2O3S/c1-14-10-17(15(2)26(14)19-6-8-20(27)9-7-19)12-21-22(28)25(23(29)30-21)13-16-4-3-5-18(24)11-16/h3-12,27H,13H2,1-2H3/b21-12-. The summed E-state index contributed by atoms with van der Waals surface area (Å²) < 4.78 is 2.04. The molecule has 1 aliphatic rings. The number of imide groups is 1. The summed E-state index contributed by atoms with van der Waals surface area (Å²) in [5, 5.41) is 9.81. The van der Waals surface area contributed by atoms with Crippen molar-refractivity contribution >= 4 is 40.6 Å². The van der Waals surface area contributed by atoms with Gasteiger partial charge in [0.05, 0.1) is 11.4 Å². The van der Waals surface area contributed by atoms with Crippen LogP contribution in [0.2, 0.25) is 5.02 Å². The van der Waals surface area contributed by atoms with Crippen LogP contribution in [-0.2, 0) is 11.3 Å². The van der Waals surface area contributed by atoms with Crippen molar-refractivity contribution in [3.8, 4) is 11.4 Å². The molecule has 5 nitrogen and oxygen atoms in total. The van der Waals surface area contributed by atoms with Crippen molar-refractivity contribution < 1.29 is 14.7 Å². The van der Waals surface area contributed by atoms with Crippen molar-refractivity contribution in [3.05, 3.63) is 87.0 Å². The number of carbonyl (C=O) groups is 2. The van der Waals surface area contributed by atoms with Gasteiger partial charge in [-0.2, -0.15) is 0 Å². The molecule has 0 saturated carbocycles. The van der Waals surface area contributed by atoms with E-state index in [-0.39, 0.29) is 23.4 Å². The van der Waals surface area contributed by atoms with Crippen LogP contribution in [0, 0.1) is 13.8 Å². The number of thioether (sulfide) groups is 1. The van der Waals surface area contributed by atoms with Gasteiger partial charge in [0.1, 0.15) is 5.75 Å². The van der Waals surface area contributed by atoms with E-state index in [1.165, 1.54) is 4.90 Å². The number of phenolic OH excluding ortho intramolecular Hbond substituents is 1.